The molecular formula is C18H33N5OS. The van der Waals surface area contributed by atoms with E-state index in [0.29, 0.717) is 5.92 Å². The maximum Gasteiger partial charge on any atom is 0.146 e. The predicted octanol–water partition coefficient (Wildman–Crippen LogP) is 1.70. The summed E-state index contributed by atoms with van der Waals surface area (Å²) in [4.78, 5) is 4.99. The summed E-state index contributed by atoms with van der Waals surface area (Å²) in [5.41, 5.74) is 0. The molecule has 0 amide bonds. The molecule has 6 nitrogen and oxygen atoms in total. The zero-order chi connectivity index (χ0) is 17.6. The summed E-state index contributed by atoms with van der Waals surface area (Å²) in [6.45, 7) is 6.31. The number of rotatable bonds is 7. The quantitative estimate of drug-likeness (QED) is 0.741. The van der Waals surface area contributed by atoms with Gasteiger partial charge in [0.05, 0.1) is 12.6 Å². The highest BCUT2D eigenvalue weighted by atomic mass is 32.2. The Morgan fingerprint density at radius 3 is 2.68 bits per heavy atom. The first kappa shape index (κ1) is 19.1. The van der Waals surface area contributed by atoms with Crippen molar-refractivity contribution in [1.29, 1.82) is 0 Å². The number of piperidine rings is 2. The highest BCUT2D eigenvalue weighted by Gasteiger charge is 2.26. The number of aromatic nitrogens is 3. The van der Waals surface area contributed by atoms with Crippen molar-refractivity contribution in [3.8, 4) is 0 Å². The van der Waals surface area contributed by atoms with Gasteiger partial charge >= 0.3 is 0 Å². The molecule has 2 aliphatic heterocycles. The standard InChI is InChI=1S/C18H33N5OS/c1-21-17(14-23-10-6-16(24)7-11-23)19-20-18(21)15-5-3-8-22(13-15)9-4-12-25-2/h15-16,24H,3-14H2,1-2H3/t15-/m0/s1. The summed E-state index contributed by atoms with van der Waals surface area (Å²) < 4.78 is 2.22. The largest absolute Gasteiger partial charge is 0.393 e. The summed E-state index contributed by atoms with van der Waals surface area (Å²) >= 11 is 1.94. The number of aliphatic hydroxyl groups is 1. The second-order valence-electron chi connectivity index (χ2n) is 7.53. The molecule has 3 heterocycles. The predicted molar refractivity (Wildman–Crippen MR) is 103 cm³/mol. The fourth-order valence-corrected chi connectivity index (χ4v) is 4.47. The number of hydrogen-bond acceptors (Lipinski definition) is 6. The van der Waals surface area contributed by atoms with Crippen LogP contribution in [0.15, 0.2) is 0 Å². The molecule has 0 saturated carbocycles. The summed E-state index contributed by atoms with van der Waals surface area (Å²) in [6.07, 6.45) is 7.57. The molecule has 0 aliphatic carbocycles. The lowest BCUT2D eigenvalue weighted by Crippen LogP contribution is -2.37. The van der Waals surface area contributed by atoms with Crippen LogP contribution in [0.3, 0.4) is 0 Å². The third-order valence-corrected chi connectivity index (χ3v) is 6.31. The van der Waals surface area contributed by atoms with E-state index in [9.17, 15) is 5.11 Å². The van der Waals surface area contributed by atoms with Crippen molar-refractivity contribution in [3.63, 3.8) is 0 Å². The molecule has 7 heteroatoms. The zero-order valence-electron chi connectivity index (χ0n) is 15.7. The van der Waals surface area contributed by atoms with E-state index in [-0.39, 0.29) is 6.10 Å². The van der Waals surface area contributed by atoms with Gasteiger partial charge < -0.3 is 14.6 Å². The Morgan fingerprint density at radius 1 is 1.12 bits per heavy atom. The fraction of sp³-hybridized carbons (Fsp3) is 0.889. The Hall–Kier alpha value is -0.630. The Morgan fingerprint density at radius 2 is 1.92 bits per heavy atom. The van der Waals surface area contributed by atoms with Crippen molar-refractivity contribution in [3.05, 3.63) is 11.6 Å². The van der Waals surface area contributed by atoms with E-state index in [1.165, 1.54) is 38.1 Å². The zero-order valence-corrected chi connectivity index (χ0v) is 16.5. The first-order valence-corrected chi connectivity index (χ1v) is 11.1. The van der Waals surface area contributed by atoms with E-state index in [0.717, 1.165) is 50.7 Å². The van der Waals surface area contributed by atoms with Crippen molar-refractivity contribution in [2.45, 2.75) is 50.7 Å². The molecule has 2 fully saturated rings. The number of nitrogens with zero attached hydrogens (tertiary/aromatic N) is 5. The molecule has 1 N–H and O–H groups in total. The molecule has 0 aromatic carbocycles. The summed E-state index contributed by atoms with van der Waals surface area (Å²) in [5, 5.41) is 18.7. The maximum atomic E-state index is 9.66. The topological polar surface area (TPSA) is 57.4 Å². The monoisotopic (exact) mass is 367 g/mol. The molecule has 0 spiro atoms. The van der Waals surface area contributed by atoms with Gasteiger partial charge in [-0.25, -0.2) is 0 Å². The summed E-state index contributed by atoms with van der Waals surface area (Å²) in [6, 6.07) is 0. The average molecular weight is 368 g/mol. The van der Waals surface area contributed by atoms with E-state index in [4.69, 9.17) is 0 Å². The second kappa shape index (κ2) is 9.35. The van der Waals surface area contributed by atoms with E-state index in [2.05, 4.69) is 37.9 Å². The SMILES string of the molecule is CSCCCN1CCC[C@H](c2nnc(CN3CCC(O)CC3)n2C)C1. The molecule has 0 radical (unpaired) electrons. The fourth-order valence-electron chi connectivity index (χ4n) is 4.05. The van der Waals surface area contributed by atoms with E-state index >= 15 is 0 Å². The van der Waals surface area contributed by atoms with Crippen LogP contribution in [0.5, 0.6) is 0 Å². The van der Waals surface area contributed by atoms with Crippen molar-refractivity contribution in [2.75, 3.05) is 44.7 Å². The van der Waals surface area contributed by atoms with Crippen LogP contribution in [0, 0.1) is 0 Å². The Labute approximate surface area is 156 Å². The minimum atomic E-state index is -0.120. The summed E-state index contributed by atoms with van der Waals surface area (Å²) in [5.74, 6) is 3.98. The number of hydrogen-bond donors (Lipinski definition) is 1. The van der Waals surface area contributed by atoms with Crippen LogP contribution in [0.4, 0.5) is 0 Å². The van der Waals surface area contributed by atoms with Crippen LogP contribution in [0.2, 0.25) is 0 Å². The average Bonchev–Trinajstić information content (AvgIpc) is 2.98. The molecule has 2 aliphatic rings. The molecular weight excluding hydrogens is 334 g/mol. The number of thioether (sulfide) groups is 1. The van der Waals surface area contributed by atoms with Crippen LogP contribution < -0.4 is 0 Å². The van der Waals surface area contributed by atoms with Gasteiger partial charge in [-0.1, -0.05) is 0 Å². The van der Waals surface area contributed by atoms with Crippen molar-refractivity contribution in [2.24, 2.45) is 7.05 Å². The molecule has 0 unspecified atom stereocenters. The molecule has 0 bridgehead atoms. The first-order chi connectivity index (χ1) is 12.2. The van der Waals surface area contributed by atoms with Gasteiger partial charge in [-0.05, 0) is 57.2 Å². The third kappa shape index (κ3) is 5.18. The van der Waals surface area contributed by atoms with Gasteiger partial charge in [0, 0.05) is 32.6 Å². The van der Waals surface area contributed by atoms with Crippen LogP contribution in [0.25, 0.3) is 0 Å². The van der Waals surface area contributed by atoms with Crippen LogP contribution >= 0.6 is 11.8 Å². The van der Waals surface area contributed by atoms with Gasteiger partial charge in [-0.2, -0.15) is 11.8 Å². The van der Waals surface area contributed by atoms with Crippen molar-refractivity contribution < 1.29 is 5.11 Å². The second-order valence-corrected chi connectivity index (χ2v) is 8.51. The van der Waals surface area contributed by atoms with Gasteiger partial charge in [0.25, 0.3) is 0 Å². The van der Waals surface area contributed by atoms with Crippen molar-refractivity contribution in [1.82, 2.24) is 24.6 Å². The van der Waals surface area contributed by atoms with E-state index in [1.54, 1.807) is 0 Å². The normalized spacial score (nSPS) is 24.0. The lowest BCUT2D eigenvalue weighted by atomic mass is 9.97. The minimum Gasteiger partial charge on any atom is -0.393 e. The molecule has 2 saturated heterocycles. The lowest BCUT2D eigenvalue weighted by molar-refractivity contribution is 0.0775. The van der Waals surface area contributed by atoms with Crippen molar-refractivity contribution >= 4 is 11.8 Å². The molecule has 25 heavy (non-hydrogen) atoms. The van der Waals surface area contributed by atoms with E-state index in [1.807, 2.05) is 11.8 Å². The first-order valence-electron chi connectivity index (χ1n) is 9.67. The van der Waals surface area contributed by atoms with Crippen LogP contribution in [-0.4, -0.2) is 80.5 Å². The van der Waals surface area contributed by atoms with Gasteiger partial charge in [-0.3, -0.25) is 4.90 Å². The van der Waals surface area contributed by atoms with Gasteiger partial charge in [0.15, 0.2) is 0 Å². The molecule has 1 aromatic rings. The summed E-state index contributed by atoms with van der Waals surface area (Å²) in [7, 11) is 2.12. The van der Waals surface area contributed by atoms with Gasteiger partial charge in [0.1, 0.15) is 11.6 Å². The molecule has 1 aromatic heterocycles. The third-order valence-electron chi connectivity index (χ3n) is 5.61. The molecule has 1 atom stereocenters. The molecule has 142 valence electrons. The van der Waals surface area contributed by atoms with Crippen LogP contribution in [0.1, 0.15) is 49.7 Å². The van der Waals surface area contributed by atoms with Gasteiger partial charge in [0.2, 0.25) is 0 Å². The number of likely N-dealkylation sites (tertiary alicyclic amines) is 2. The highest BCUT2D eigenvalue weighted by Crippen LogP contribution is 2.26. The smallest absolute Gasteiger partial charge is 0.146 e. The Bertz CT molecular complexity index is 530. The number of aliphatic hydroxyl groups excluding tert-OH is 1. The van der Waals surface area contributed by atoms with Crippen LogP contribution in [-0.2, 0) is 13.6 Å². The maximum absolute atomic E-state index is 9.66. The molecule has 3 rings (SSSR count). The minimum absolute atomic E-state index is 0.120. The Balaban J connectivity index is 1.56. The Kier molecular flexibility index (Phi) is 7.16. The van der Waals surface area contributed by atoms with Gasteiger partial charge in [-0.15, -0.1) is 10.2 Å². The lowest BCUT2D eigenvalue weighted by Gasteiger charge is -2.32. The van der Waals surface area contributed by atoms with E-state index < -0.39 is 0 Å². The highest BCUT2D eigenvalue weighted by molar-refractivity contribution is 7.98.